The summed E-state index contributed by atoms with van der Waals surface area (Å²) in [5, 5.41) is 3.34. The van der Waals surface area contributed by atoms with Crippen LogP contribution in [0.3, 0.4) is 0 Å². The van der Waals surface area contributed by atoms with Crippen LogP contribution in [0.4, 0.5) is 11.5 Å². The number of hydrogen-bond donors (Lipinski definition) is 2. The summed E-state index contributed by atoms with van der Waals surface area (Å²) in [6, 6.07) is 0.490. The van der Waals surface area contributed by atoms with Gasteiger partial charge in [0, 0.05) is 12.6 Å². The molecule has 1 aliphatic heterocycles. The van der Waals surface area contributed by atoms with Crippen LogP contribution in [0.15, 0.2) is 0 Å². The molecule has 0 bridgehead atoms. The van der Waals surface area contributed by atoms with Crippen molar-refractivity contribution in [2.45, 2.75) is 44.8 Å². The Balaban J connectivity index is 1.91. The molecule has 1 aromatic rings. The van der Waals surface area contributed by atoms with Crippen molar-refractivity contribution in [1.82, 2.24) is 9.97 Å². The van der Waals surface area contributed by atoms with Crippen molar-refractivity contribution in [3.63, 3.8) is 0 Å². The fraction of sp³-hybridized carbons (Fsp3) is 0.692. The monoisotopic (exact) mass is 264 g/mol. The first kappa shape index (κ1) is 12.5. The Morgan fingerprint density at radius 3 is 2.84 bits per heavy atom. The van der Waals surface area contributed by atoms with Gasteiger partial charge in [-0.25, -0.2) is 4.98 Å². The summed E-state index contributed by atoms with van der Waals surface area (Å²) < 4.78 is 11.1. The van der Waals surface area contributed by atoms with E-state index in [1.165, 1.54) is 12.8 Å². The predicted octanol–water partition coefficient (Wildman–Crippen LogP) is 1.88. The Hall–Kier alpha value is -1.56. The first-order valence-corrected chi connectivity index (χ1v) is 6.96. The molecule has 1 unspecified atom stereocenters. The fourth-order valence-corrected chi connectivity index (χ4v) is 2.17. The molecular formula is C13H20N4O2. The smallest absolute Gasteiger partial charge is 0.242 e. The van der Waals surface area contributed by atoms with E-state index in [1.807, 2.05) is 6.92 Å². The largest absolute Gasteiger partial charge is 0.476 e. The number of anilines is 2. The first-order valence-electron chi connectivity index (χ1n) is 6.96. The third-order valence-electron chi connectivity index (χ3n) is 3.34. The summed E-state index contributed by atoms with van der Waals surface area (Å²) in [6.45, 7) is 3.23. The van der Waals surface area contributed by atoms with E-state index in [0.717, 1.165) is 19.4 Å². The lowest BCUT2D eigenvalue weighted by atomic mass is 10.2. The lowest BCUT2D eigenvalue weighted by molar-refractivity contribution is 0.104. The standard InChI is InChI=1S/C13H20N4O2/c1-2-18-13-10(14)12(15-8-5-6-8)16-11(17-13)9-4-3-7-19-9/h8-9H,2-7,14H2,1H3,(H,15,16,17). The summed E-state index contributed by atoms with van der Waals surface area (Å²) in [5.41, 5.74) is 6.56. The highest BCUT2D eigenvalue weighted by molar-refractivity contribution is 5.67. The molecule has 1 saturated heterocycles. The van der Waals surface area contributed by atoms with Crippen molar-refractivity contribution in [1.29, 1.82) is 0 Å². The number of nitrogen functional groups attached to an aromatic ring is 1. The minimum absolute atomic E-state index is 0.0282. The highest BCUT2D eigenvalue weighted by Crippen LogP contribution is 2.34. The van der Waals surface area contributed by atoms with Gasteiger partial charge in [0.2, 0.25) is 5.88 Å². The molecule has 1 aliphatic carbocycles. The summed E-state index contributed by atoms with van der Waals surface area (Å²) in [5.74, 6) is 1.83. The van der Waals surface area contributed by atoms with Crippen LogP contribution < -0.4 is 15.8 Å². The van der Waals surface area contributed by atoms with Crippen molar-refractivity contribution < 1.29 is 9.47 Å². The molecule has 104 valence electrons. The molecule has 0 amide bonds. The average Bonchev–Trinajstić information content (AvgIpc) is 3.05. The van der Waals surface area contributed by atoms with Gasteiger partial charge >= 0.3 is 0 Å². The van der Waals surface area contributed by atoms with E-state index in [0.29, 0.717) is 35.9 Å². The van der Waals surface area contributed by atoms with E-state index in [1.54, 1.807) is 0 Å². The van der Waals surface area contributed by atoms with Crippen LogP contribution in [-0.4, -0.2) is 29.2 Å². The molecule has 3 rings (SSSR count). The van der Waals surface area contributed by atoms with Crippen LogP contribution in [0.25, 0.3) is 0 Å². The number of rotatable bonds is 5. The number of aromatic nitrogens is 2. The van der Waals surface area contributed by atoms with Gasteiger partial charge in [-0.3, -0.25) is 0 Å². The lowest BCUT2D eigenvalue weighted by Crippen LogP contribution is -2.13. The Kier molecular flexibility index (Phi) is 3.42. The number of nitrogens with one attached hydrogen (secondary N) is 1. The molecule has 1 aromatic heterocycles. The van der Waals surface area contributed by atoms with Gasteiger partial charge in [0.25, 0.3) is 0 Å². The van der Waals surface area contributed by atoms with E-state index in [4.69, 9.17) is 15.2 Å². The van der Waals surface area contributed by atoms with E-state index in [-0.39, 0.29) is 6.10 Å². The van der Waals surface area contributed by atoms with Crippen molar-refractivity contribution in [2.24, 2.45) is 0 Å². The maximum atomic E-state index is 6.06. The van der Waals surface area contributed by atoms with E-state index in [9.17, 15) is 0 Å². The summed E-state index contributed by atoms with van der Waals surface area (Å²) in [7, 11) is 0. The number of hydrogen-bond acceptors (Lipinski definition) is 6. The van der Waals surface area contributed by atoms with Crippen LogP contribution in [0, 0.1) is 0 Å². The predicted molar refractivity (Wildman–Crippen MR) is 72.2 cm³/mol. The van der Waals surface area contributed by atoms with Crippen LogP contribution >= 0.6 is 0 Å². The molecule has 19 heavy (non-hydrogen) atoms. The van der Waals surface area contributed by atoms with E-state index < -0.39 is 0 Å². The number of ether oxygens (including phenoxy) is 2. The van der Waals surface area contributed by atoms with Gasteiger partial charge < -0.3 is 20.5 Å². The summed E-state index contributed by atoms with van der Waals surface area (Å²) in [4.78, 5) is 8.93. The third-order valence-corrected chi connectivity index (χ3v) is 3.34. The first-order chi connectivity index (χ1) is 9.28. The zero-order chi connectivity index (χ0) is 13.2. The van der Waals surface area contributed by atoms with Gasteiger partial charge in [-0.15, -0.1) is 0 Å². The SMILES string of the molecule is CCOc1nc(C2CCCO2)nc(NC2CC2)c1N. The highest BCUT2D eigenvalue weighted by atomic mass is 16.5. The maximum Gasteiger partial charge on any atom is 0.242 e. The van der Waals surface area contributed by atoms with Crippen LogP contribution in [0.5, 0.6) is 5.88 Å². The topological polar surface area (TPSA) is 82.3 Å². The fourth-order valence-electron chi connectivity index (χ4n) is 2.17. The van der Waals surface area contributed by atoms with Gasteiger partial charge in [0.1, 0.15) is 11.8 Å². The maximum absolute atomic E-state index is 6.06. The van der Waals surface area contributed by atoms with Crippen molar-refractivity contribution >= 4 is 11.5 Å². The second-order valence-corrected chi connectivity index (χ2v) is 5.00. The molecule has 1 saturated carbocycles. The summed E-state index contributed by atoms with van der Waals surface area (Å²) in [6.07, 6.45) is 4.32. The molecule has 1 atom stereocenters. The minimum Gasteiger partial charge on any atom is -0.476 e. The van der Waals surface area contributed by atoms with Crippen LogP contribution in [-0.2, 0) is 4.74 Å². The normalized spacial score (nSPS) is 22.5. The molecule has 2 fully saturated rings. The molecular weight excluding hydrogens is 244 g/mol. The van der Waals surface area contributed by atoms with Gasteiger partial charge in [-0.05, 0) is 32.6 Å². The molecule has 3 N–H and O–H groups in total. The molecule has 0 aromatic carbocycles. The molecule has 0 radical (unpaired) electrons. The Bertz CT molecular complexity index is 456. The quantitative estimate of drug-likeness (QED) is 0.845. The minimum atomic E-state index is -0.0282. The van der Waals surface area contributed by atoms with E-state index >= 15 is 0 Å². The molecule has 6 nitrogen and oxygen atoms in total. The van der Waals surface area contributed by atoms with Crippen LogP contribution in [0.1, 0.15) is 44.5 Å². The second kappa shape index (κ2) is 5.21. The van der Waals surface area contributed by atoms with Gasteiger partial charge in [0.15, 0.2) is 11.6 Å². The number of nitrogens with zero attached hydrogens (tertiary/aromatic N) is 2. The van der Waals surface area contributed by atoms with Gasteiger partial charge in [-0.2, -0.15) is 4.98 Å². The van der Waals surface area contributed by atoms with E-state index in [2.05, 4.69) is 15.3 Å². The zero-order valence-electron chi connectivity index (χ0n) is 11.2. The Morgan fingerprint density at radius 1 is 1.37 bits per heavy atom. The third kappa shape index (κ3) is 2.73. The Labute approximate surface area is 112 Å². The van der Waals surface area contributed by atoms with Crippen molar-refractivity contribution in [3.8, 4) is 5.88 Å². The van der Waals surface area contributed by atoms with Gasteiger partial charge in [-0.1, -0.05) is 0 Å². The zero-order valence-corrected chi connectivity index (χ0v) is 11.2. The number of nitrogens with two attached hydrogens (primary N) is 1. The molecule has 6 heteroatoms. The van der Waals surface area contributed by atoms with Gasteiger partial charge in [0.05, 0.1) is 6.61 Å². The van der Waals surface area contributed by atoms with Crippen molar-refractivity contribution in [3.05, 3.63) is 5.82 Å². The molecule has 0 spiro atoms. The van der Waals surface area contributed by atoms with Crippen LogP contribution in [0.2, 0.25) is 0 Å². The highest BCUT2D eigenvalue weighted by Gasteiger charge is 2.27. The second-order valence-electron chi connectivity index (χ2n) is 5.00. The van der Waals surface area contributed by atoms with Crippen molar-refractivity contribution in [2.75, 3.05) is 24.3 Å². The Morgan fingerprint density at radius 2 is 2.21 bits per heavy atom. The molecule has 2 heterocycles. The average molecular weight is 264 g/mol. The lowest BCUT2D eigenvalue weighted by Gasteiger charge is -2.15. The molecule has 2 aliphatic rings. The summed E-state index contributed by atoms with van der Waals surface area (Å²) >= 11 is 0.